The molecule has 0 aliphatic carbocycles. The predicted octanol–water partition coefficient (Wildman–Crippen LogP) is 5.55. The molecule has 3 heterocycles. The van der Waals surface area contributed by atoms with Crippen molar-refractivity contribution in [2.24, 2.45) is 5.11 Å². The van der Waals surface area contributed by atoms with Crippen molar-refractivity contribution in [1.29, 1.82) is 5.53 Å². The molecular formula is C28H28FN9O2. The number of pyridine rings is 1. The number of nitrogens with one attached hydrogen (secondary N) is 3. The lowest BCUT2D eigenvalue weighted by molar-refractivity contribution is -0.126. The normalized spacial score (nSPS) is 13.2. The number of benzene rings is 2. The molecule has 1 aliphatic heterocycles. The number of hydrogen-bond acceptors (Lipinski definition) is 10. The van der Waals surface area contributed by atoms with Gasteiger partial charge >= 0.3 is 0 Å². The Hall–Kier alpha value is -5.13. The third-order valence-corrected chi connectivity index (χ3v) is 6.66. The van der Waals surface area contributed by atoms with Gasteiger partial charge in [-0.05, 0) is 48.9 Å². The van der Waals surface area contributed by atoms with Gasteiger partial charge in [-0.1, -0.05) is 6.58 Å². The van der Waals surface area contributed by atoms with Crippen LogP contribution in [0.15, 0.2) is 66.6 Å². The second-order valence-electron chi connectivity index (χ2n) is 9.14. The fourth-order valence-electron chi connectivity index (χ4n) is 4.48. The topological polar surface area (TPSA) is 132 Å². The van der Waals surface area contributed by atoms with E-state index in [9.17, 15) is 4.79 Å². The van der Waals surface area contributed by atoms with Crippen molar-refractivity contribution in [2.45, 2.75) is 6.92 Å². The highest BCUT2D eigenvalue weighted by atomic mass is 19.1. The summed E-state index contributed by atoms with van der Waals surface area (Å²) >= 11 is 0. The lowest BCUT2D eigenvalue weighted by Crippen LogP contribution is -2.48. The summed E-state index contributed by atoms with van der Waals surface area (Å²) < 4.78 is 21.2. The summed E-state index contributed by atoms with van der Waals surface area (Å²) in [5, 5.41) is 9.53. The first-order valence-electron chi connectivity index (χ1n) is 12.6. The van der Waals surface area contributed by atoms with Gasteiger partial charge in [-0.2, -0.15) is 5.11 Å². The van der Waals surface area contributed by atoms with Crippen LogP contribution in [0.2, 0.25) is 0 Å². The van der Waals surface area contributed by atoms with E-state index >= 15 is 4.39 Å². The number of aryl methyl sites for hydroxylation is 1. The van der Waals surface area contributed by atoms with Crippen molar-refractivity contribution in [1.82, 2.24) is 19.9 Å². The van der Waals surface area contributed by atoms with E-state index in [-0.39, 0.29) is 11.6 Å². The Morgan fingerprint density at radius 1 is 1.12 bits per heavy atom. The number of carbonyl (C=O) groups excluding carboxylic acids is 1. The summed E-state index contributed by atoms with van der Waals surface area (Å²) in [6, 6.07) is 11.7. The quantitative estimate of drug-likeness (QED) is 0.196. The molecule has 2 aromatic carbocycles. The molecule has 0 saturated carbocycles. The summed E-state index contributed by atoms with van der Waals surface area (Å²) in [5.41, 5.74) is 10.5. The number of halogens is 1. The van der Waals surface area contributed by atoms with Crippen molar-refractivity contribution in [2.75, 3.05) is 48.8 Å². The van der Waals surface area contributed by atoms with E-state index in [1.54, 1.807) is 36.2 Å². The Morgan fingerprint density at radius 2 is 1.93 bits per heavy atom. The highest BCUT2D eigenvalue weighted by Gasteiger charge is 2.21. The van der Waals surface area contributed by atoms with E-state index in [0.717, 1.165) is 5.82 Å². The number of carbonyl (C=O) groups is 1. The second-order valence-corrected chi connectivity index (χ2v) is 9.14. The zero-order valence-electron chi connectivity index (χ0n) is 22.1. The van der Waals surface area contributed by atoms with Crippen molar-refractivity contribution in [3.63, 3.8) is 0 Å². The fraction of sp³-hybridized carbons (Fsp3) is 0.214. The average Bonchev–Trinajstić information content (AvgIpc) is 2.99. The van der Waals surface area contributed by atoms with Crippen molar-refractivity contribution in [3.8, 4) is 11.5 Å². The molecule has 5 rings (SSSR count). The van der Waals surface area contributed by atoms with E-state index in [2.05, 4.69) is 37.2 Å². The number of nitrogens with zero attached hydrogens (tertiary/aromatic N) is 6. The standard InChI is InChI=1S/C28H28FN9O2/c1-4-26(39)38-11-9-37(10-12-38)25-8-7-21-27(35-25)28(33-16-32-21)34-22-13-17(2)24(15-19(22)29)40-18-5-6-20(31-3)23(14-18)36-30/h4-8,13-16,30-31H,1,9-12H2,2-3H3,(H,32,33,34). The summed E-state index contributed by atoms with van der Waals surface area (Å²) in [4.78, 5) is 29.2. The zero-order valence-corrected chi connectivity index (χ0v) is 22.1. The summed E-state index contributed by atoms with van der Waals surface area (Å²) in [5.74, 6) is 1.23. The van der Waals surface area contributed by atoms with E-state index in [4.69, 9.17) is 15.3 Å². The molecule has 1 saturated heterocycles. The number of ether oxygens (including phenoxy) is 1. The Bertz CT molecular complexity index is 1600. The van der Waals surface area contributed by atoms with E-state index < -0.39 is 5.82 Å². The molecular weight excluding hydrogens is 513 g/mol. The van der Waals surface area contributed by atoms with Gasteiger partial charge < -0.3 is 25.2 Å². The smallest absolute Gasteiger partial charge is 0.246 e. The number of fused-ring (bicyclic) bond motifs is 1. The molecule has 12 heteroatoms. The van der Waals surface area contributed by atoms with Crippen LogP contribution in [-0.2, 0) is 4.79 Å². The lowest BCUT2D eigenvalue weighted by atomic mass is 10.2. The van der Waals surface area contributed by atoms with E-state index in [1.165, 1.54) is 18.5 Å². The van der Waals surface area contributed by atoms with Crippen LogP contribution >= 0.6 is 0 Å². The molecule has 1 amide bonds. The fourth-order valence-corrected chi connectivity index (χ4v) is 4.48. The molecule has 2 aromatic heterocycles. The molecule has 0 atom stereocenters. The van der Waals surface area contributed by atoms with Gasteiger partial charge in [-0.25, -0.2) is 24.9 Å². The van der Waals surface area contributed by atoms with Crippen LogP contribution in [0.5, 0.6) is 11.5 Å². The van der Waals surface area contributed by atoms with Crippen LogP contribution in [0.4, 0.5) is 33.1 Å². The maximum absolute atomic E-state index is 15.3. The first-order chi connectivity index (χ1) is 19.4. The number of anilines is 4. The van der Waals surface area contributed by atoms with Crippen LogP contribution in [0.25, 0.3) is 11.0 Å². The largest absolute Gasteiger partial charge is 0.457 e. The Morgan fingerprint density at radius 3 is 2.65 bits per heavy atom. The number of hydrogen-bond donors (Lipinski definition) is 3. The van der Waals surface area contributed by atoms with Crippen LogP contribution in [0, 0.1) is 18.3 Å². The number of amides is 1. The summed E-state index contributed by atoms with van der Waals surface area (Å²) in [6.07, 6.45) is 2.73. The highest BCUT2D eigenvalue weighted by molar-refractivity contribution is 5.89. The molecule has 0 spiro atoms. The van der Waals surface area contributed by atoms with Gasteiger partial charge in [0.15, 0.2) is 5.82 Å². The Kier molecular flexibility index (Phi) is 7.49. The monoisotopic (exact) mass is 541 g/mol. The maximum atomic E-state index is 15.3. The van der Waals surface area contributed by atoms with Crippen LogP contribution in [0.1, 0.15) is 5.56 Å². The average molecular weight is 542 g/mol. The minimum absolute atomic E-state index is 0.0837. The first kappa shape index (κ1) is 26.5. The van der Waals surface area contributed by atoms with Gasteiger partial charge in [0, 0.05) is 45.4 Å². The number of aromatic nitrogens is 3. The van der Waals surface area contributed by atoms with E-state index in [0.29, 0.717) is 71.5 Å². The van der Waals surface area contributed by atoms with Gasteiger partial charge in [0.2, 0.25) is 5.91 Å². The Labute approximate surface area is 230 Å². The van der Waals surface area contributed by atoms with Crippen LogP contribution in [0.3, 0.4) is 0 Å². The van der Waals surface area contributed by atoms with Crippen LogP contribution < -0.4 is 20.3 Å². The molecule has 40 heavy (non-hydrogen) atoms. The molecule has 0 unspecified atom stereocenters. The van der Waals surface area contributed by atoms with Gasteiger partial charge in [0.25, 0.3) is 0 Å². The van der Waals surface area contributed by atoms with Gasteiger partial charge in [-0.3, -0.25) is 4.79 Å². The minimum atomic E-state index is -0.538. The van der Waals surface area contributed by atoms with Crippen LogP contribution in [-0.4, -0.2) is 59.0 Å². The van der Waals surface area contributed by atoms with Gasteiger partial charge in [0.05, 0.1) is 16.9 Å². The summed E-state index contributed by atoms with van der Waals surface area (Å²) in [7, 11) is 1.74. The molecule has 4 aromatic rings. The molecule has 1 aliphatic rings. The molecule has 0 radical (unpaired) electrons. The first-order valence-corrected chi connectivity index (χ1v) is 12.6. The second kappa shape index (κ2) is 11.3. The SMILES string of the molecule is C=CC(=O)N1CCN(c2ccc3ncnc(Nc4cc(C)c(Oc5ccc(NC)c(N=N)c5)cc4F)c3n2)CC1. The minimum Gasteiger partial charge on any atom is -0.457 e. The molecule has 204 valence electrons. The molecule has 0 bridgehead atoms. The molecule has 11 nitrogen and oxygen atoms in total. The Balaban J connectivity index is 1.38. The third-order valence-electron chi connectivity index (χ3n) is 6.66. The predicted molar refractivity (Wildman–Crippen MR) is 152 cm³/mol. The van der Waals surface area contributed by atoms with Crippen molar-refractivity contribution in [3.05, 3.63) is 72.8 Å². The number of rotatable bonds is 8. The summed E-state index contributed by atoms with van der Waals surface area (Å²) in [6.45, 7) is 7.75. The van der Waals surface area contributed by atoms with Crippen molar-refractivity contribution >= 4 is 45.6 Å². The number of piperazine rings is 1. The van der Waals surface area contributed by atoms with Crippen molar-refractivity contribution < 1.29 is 13.9 Å². The zero-order chi connectivity index (χ0) is 28.2. The van der Waals surface area contributed by atoms with Gasteiger partial charge in [0.1, 0.15) is 40.7 Å². The highest BCUT2D eigenvalue weighted by Crippen LogP contribution is 2.35. The molecule has 3 N–H and O–H groups in total. The van der Waals surface area contributed by atoms with Gasteiger partial charge in [-0.15, -0.1) is 0 Å². The maximum Gasteiger partial charge on any atom is 0.246 e. The van der Waals surface area contributed by atoms with E-state index in [1.807, 2.05) is 19.1 Å². The third kappa shape index (κ3) is 5.37. The molecule has 1 fully saturated rings. The lowest BCUT2D eigenvalue weighted by Gasteiger charge is -2.35.